The molecule has 0 spiro atoms. The van der Waals surface area contributed by atoms with E-state index in [4.69, 9.17) is 0 Å². The van der Waals surface area contributed by atoms with E-state index in [1.165, 1.54) is 17.0 Å². The lowest BCUT2D eigenvalue weighted by Crippen LogP contribution is -2.33. The highest BCUT2D eigenvalue weighted by molar-refractivity contribution is 6.06. The molecule has 8 heteroatoms. The number of benzene rings is 3. The number of carbonyl (C=O) groups is 3. The van der Waals surface area contributed by atoms with Crippen LogP contribution in [0.3, 0.4) is 0 Å². The SMILES string of the molecule is O=C(O)CCN(Cc1ccc(F)cc1)C(=O)c1ccccc1-c1ccccc1C(=O)NCc1cccnc1. The molecule has 4 rings (SSSR count). The zero-order chi connectivity index (χ0) is 26.9. The maximum absolute atomic E-state index is 13.8. The summed E-state index contributed by atoms with van der Waals surface area (Å²) in [6.07, 6.45) is 3.08. The second-order valence-corrected chi connectivity index (χ2v) is 8.63. The third-order valence-electron chi connectivity index (χ3n) is 5.96. The molecule has 0 saturated heterocycles. The van der Waals surface area contributed by atoms with Crippen molar-refractivity contribution in [2.24, 2.45) is 0 Å². The van der Waals surface area contributed by atoms with Gasteiger partial charge in [-0.05, 0) is 52.6 Å². The lowest BCUT2D eigenvalue weighted by molar-refractivity contribution is -0.137. The van der Waals surface area contributed by atoms with Crippen LogP contribution in [0.2, 0.25) is 0 Å². The molecule has 2 N–H and O–H groups in total. The van der Waals surface area contributed by atoms with Gasteiger partial charge in [0.15, 0.2) is 0 Å². The summed E-state index contributed by atoms with van der Waals surface area (Å²) >= 11 is 0. The van der Waals surface area contributed by atoms with Gasteiger partial charge in [0.2, 0.25) is 0 Å². The highest BCUT2D eigenvalue weighted by atomic mass is 19.1. The standard InChI is InChI=1S/C30H26FN3O4/c31-23-13-11-21(12-14-23)20-34(17-15-28(35)36)30(38)27-10-4-2-8-25(27)24-7-1-3-9-26(24)29(37)33-19-22-6-5-16-32-18-22/h1-14,16,18H,15,17,19-20H2,(H,33,37)(H,35,36). The summed E-state index contributed by atoms with van der Waals surface area (Å²) in [6.45, 7) is 0.364. The molecule has 0 saturated carbocycles. The number of aromatic nitrogens is 1. The molecule has 0 unspecified atom stereocenters. The Bertz CT molecular complexity index is 1430. The number of rotatable bonds is 10. The van der Waals surface area contributed by atoms with E-state index in [9.17, 15) is 23.9 Å². The Morgan fingerprint density at radius 1 is 0.816 bits per heavy atom. The lowest BCUT2D eigenvalue weighted by atomic mass is 9.94. The summed E-state index contributed by atoms with van der Waals surface area (Å²) in [7, 11) is 0. The first kappa shape index (κ1) is 26.2. The number of carbonyl (C=O) groups excluding carboxylic acids is 2. The largest absolute Gasteiger partial charge is 0.481 e. The van der Waals surface area contributed by atoms with E-state index < -0.39 is 17.7 Å². The number of nitrogens with one attached hydrogen (secondary N) is 1. The van der Waals surface area contributed by atoms with Crippen molar-refractivity contribution in [2.75, 3.05) is 6.54 Å². The fourth-order valence-corrected chi connectivity index (χ4v) is 4.06. The number of aliphatic carboxylic acids is 1. The predicted octanol–water partition coefficient (Wildman–Crippen LogP) is 4.93. The molecule has 0 aliphatic heterocycles. The van der Waals surface area contributed by atoms with E-state index in [1.807, 2.05) is 6.07 Å². The summed E-state index contributed by atoms with van der Waals surface area (Å²) in [5.74, 6) is -2.13. The molecule has 1 heterocycles. The quantitative estimate of drug-likeness (QED) is 0.314. The molecule has 0 bridgehead atoms. The second-order valence-electron chi connectivity index (χ2n) is 8.63. The van der Waals surface area contributed by atoms with Crippen LogP contribution in [0.25, 0.3) is 11.1 Å². The molecule has 2 amide bonds. The zero-order valence-electron chi connectivity index (χ0n) is 20.5. The van der Waals surface area contributed by atoms with Crippen LogP contribution in [0.4, 0.5) is 4.39 Å². The molecule has 0 radical (unpaired) electrons. The average molecular weight is 512 g/mol. The van der Waals surface area contributed by atoms with Crippen LogP contribution in [-0.4, -0.2) is 39.3 Å². The molecular weight excluding hydrogens is 485 g/mol. The van der Waals surface area contributed by atoms with E-state index >= 15 is 0 Å². The highest BCUT2D eigenvalue weighted by Gasteiger charge is 2.23. The monoisotopic (exact) mass is 511 g/mol. The van der Waals surface area contributed by atoms with Gasteiger partial charge in [-0.25, -0.2) is 4.39 Å². The van der Waals surface area contributed by atoms with Crippen molar-refractivity contribution < 1.29 is 23.9 Å². The van der Waals surface area contributed by atoms with Crippen LogP contribution in [0, 0.1) is 5.82 Å². The molecule has 0 aliphatic carbocycles. The molecule has 0 aliphatic rings. The molecule has 3 aromatic carbocycles. The third kappa shape index (κ3) is 6.67. The maximum atomic E-state index is 13.8. The molecule has 0 atom stereocenters. The minimum atomic E-state index is -1.04. The van der Waals surface area contributed by atoms with E-state index in [1.54, 1.807) is 79.1 Å². The number of carboxylic acids is 1. The van der Waals surface area contributed by atoms with Crippen molar-refractivity contribution in [1.29, 1.82) is 0 Å². The van der Waals surface area contributed by atoms with Crippen LogP contribution in [-0.2, 0) is 17.9 Å². The first-order chi connectivity index (χ1) is 18.4. The number of hydrogen-bond acceptors (Lipinski definition) is 4. The van der Waals surface area contributed by atoms with Crippen molar-refractivity contribution in [3.63, 3.8) is 0 Å². The Morgan fingerprint density at radius 3 is 2.13 bits per heavy atom. The maximum Gasteiger partial charge on any atom is 0.305 e. The number of hydrogen-bond donors (Lipinski definition) is 2. The van der Waals surface area contributed by atoms with Gasteiger partial charge in [-0.2, -0.15) is 0 Å². The normalized spacial score (nSPS) is 10.6. The fraction of sp³-hybridized carbons (Fsp3) is 0.133. The smallest absolute Gasteiger partial charge is 0.305 e. The van der Waals surface area contributed by atoms with Crippen LogP contribution in [0.1, 0.15) is 38.3 Å². The van der Waals surface area contributed by atoms with Crippen LogP contribution >= 0.6 is 0 Å². The summed E-state index contributed by atoms with van der Waals surface area (Å²) in [5.41, 5.74) is 3.35. The van der Waals surface area contributed by atoms with Crippen molar-refractivity contribution in [3.8, 4) is 11.1 Å². The molecule has 4 aromatic rings. The first-order valence-corrected chi connectivity index (χ1v) is 12.0. The first-order valence-electron chi connectivity index (χ1n) is 12.0. The predicted molar refractivity (Wildman–Crippen MR) is 141 cm³/mol. The molecule has 0 fully saturated rings. The molecule has 7 nitrogen and oxygen atoms in total. The number of pyridine rings is 1. The van der Waals surface area contributed by atoms with E-state index in [2.05, 4.69) is 10.3 Å². The average Bonchev–Trinajstić information content (AvgIpc) is 2.95. The van der Waals surface area contributed by atoms with Gasteiger partial charge in [-0.3, -0.25) is 19.4 Å². The summed E-state index contributed by atoms with van der Waals surface area (Å²) in [5, 5.41) is 12.1. The minimum Gasteiger partial charge on any atom is -0.481 e. The summed E-state index contributed by atoms with van der Waals surface area (Å²) < 4.78 is 13.4. The van der Waals surface area contributed by atoms with Gasteiger partial charge in [-0.15, -0.1) is 0 Å². The van der Waals surface area contributed by atoms with Crippen LogP contribution in [0.15, 0.2) is 97.3 Å². The van der Waals surface area contributed by atoms with Crippen LogP contribution < -0.4 is 5.32 Å². The van der Waals surface area contributed by atoms with Gasteiger partial charge < -0.3 is 15.3 Å². The number of amides is 2. The van der Waals surface area contributed by atoms with Crippen molar-refractivity contribution in [3.05, 3.63) is 125 Å². The Hall–Kier alpha value is -4.85. The van der Waals surface area contributed by atoms with Gasteiger partial charge in [0.1, 0.15) is 5.82 Å². The molecular formula is C30H26FN3O4. The topological polar surface area (TPSA) is 99.6 Å². The third-order valence-corrected chi connectivity index (χ3v) is 5.96. The number of carboxylic acid groups (broad SMARTS) is 1. The van der Waals surface area contributed by atoms with Gasteiger partial charge in [-0.1, -0.05) is 54.6 Å². The Balaban J connectivity index is 1.64. The van der Waals surface area contributed by atoms with E-state index in [0.717, 1.165) is 5.56 Å². The highest BCUT2D eigenvalue weighted by Crippen LogP contribution is 2.29. The summed E-state index contributed by atoms with van der Waals surface area (Å²) in [4.78, 5) is 43.7. The van der Waals surface area contributed by atoms with E-state index in [0.29, 0.717) is 34.4 Å². The Kier molecular flexibility index (Phi) is 8.56. The van der Waals surface area contributed by atoms with Crippen molar-refractivity contribution in [2.45, 2.75) is 19.5 Å². The lowest BCUT2D eigenvalue weighted by Gasteiger charge is -2.24. The Morgan fingerprint density at radius 2 is 1.47 bits per heavy atom. The second kappa shape index (κ2) is 12.4. The molecule has 38 heavy (non-hydrogen) atoms. The van der Waals surface area contributed by atoms with Gasteiger partial charge in [0.25, 0.3) is 11.8 Å². The number of nitrogens with zero attached hydrogens (tertiary/aromatic N) is 2. The molecule has 192 valence electrons. The van der Waals surface area contributed by atoms with Gasteiger partial charge >= 0.3 is 5.97 Å². The van der Waals surface area contributed by atoms with Gasteiger partial charge in [0, 0.05) is 43.2 Å². The molecule has 1 aromatic heterocycles. The van der Waals surface area contributed by atoms with Crippen molar-refractivity contribution >= 4 is 17.8 Å². The van der Waals surface area contributed by atoms with Crippen molar-refractivity contribution in [1.82, 2.24) is 15.2 Å². The van der Waals surface area contributed by atoms with Gasteiger partial charge in [0.05, 0.1) is 6.42 Å². The zero-order valence-corrected chi connectivity index (χ0v) is 20.5. The minimum absolute atomic E-state index is 0.0346. The fourth-order valence-electron chi connectivity index (χ4n) is 4.06. The summed E-state index contributed by atoms with van der Waals surface area (Å²) in [6, 6.07) is 23.3. The number of halogens is 1. The Labute approximate surface area is 219 Å². The van der Waals surface area contributed by atoms with Crippen LogP contribution in [0.5, 0.6) is 0 Å². The van der Waals surface area contributed by atoms with E-state index in [-0.39, 0.29) is 25.4 Å².